The van der Waals surface area contributed by atoms with Crippen LogP contribution in [0.2, 0.25) is 0 Å². The first-order valence-corrected chi connectivity index (χ1v) is 33.7. The first kappa shape index (κ1) is 67.4. The molecule has 6 fully saturated rings. The molecule has 0 aliphatic heterocycles. The summed E-state index contributed by atoms with van der Waals surface area (Å²) in [6.45, 7) is 18.4. The molecule has 13 heteroatoms. The molecule has 6 saturated carbocycles. The SMILES string of the molecule is CC(C)(C)OC(=O)N(CC1(CNCc2ccccc2F)CCC1)[C@H]1CC1c1ccccc1.CN(Cc1ccccc1F)CC1(CN(C(=O)OC(C)(C)C)[C@H]2CC2c2ccccc2)CCC1.CN(Cc1ccccc1F)CC1(CN[C@H]2CC2c2ccccc2)CCC1. The third-order valence-corrected chi connectivity index (χ3v) is 19.8. The summed E-state index contributed by atoms with van der Waals surface area (Å²) in [5.74, 6) is 0.986. The van der Waals surface area contributed by atoms with Crippen molar-refractivity contribution in [1.82, 2.24) is 30.2 Å². The van der Waals surface area contributed by atoms with Gasteiger partial charge in [0.15, 0.2) is 0 Å². The molecule has 6 aromatic carbocycles. The third-order valence-electron chi connectivity index (χ3n) is 19.8. The predicted octanol–water partition coefficient (Wildman–Crippen LogP) is 16.7. The van der Waals surface area contributed by atoms with E-state index >= 15 is 0 Å². The summed E-state index contributed by atoms with van der Waals surface area (Å²) in [7, 11) is 4.17. The number of nitrogens with zero attached hydrogens (tertiary/aromatic N) is 4. The molecule has 6 atom stereocenters. The van der Waals surface area contributed by atoms with Crippen LogP contribution in [0.25, 0.3) is 0 Å². The lowest BCUT2D eigenvalue weighted by Crippen LogP contribution is -2.52. The van der Waals surface area contributed by atoms with Gasteiger partial charge in [-0.15, -0.1) is 0 Å². The Morgan fingerprint density at radius 1 is 0.451 bits per heavy atom. The molecule has 6 aromatic rings. The average Bonchev–Trinajstić information content (AvgIpc) is 1.76. The minimum absolute atomic E-state index is 0.0198. The van der Waals surface area contributed by atoms with E-state index in [0.29, 0.717) is 73.1 Å². The largest absolute Gasteiger partial charge is 0.444 e. The molecule has 0 saturated heterocycles. The van der Waals surface area contributed by atoms with Crippen LogP contribution in [0.1, 0.15) is 170 Å². The molecule has 0 bridgehead atoms. The van der Waals surface area contributed by atoms with E-state index in [0.717, 1.165) is 76.7 Å². The Morgan fingerprint density at radius 3 is 1.19 bits per heavy atom. The molecule has 2 N–H and O–H groups in total. The number of benzene rings is 6. The highest BCUT2D eigenvalue weighted by Gasteiger charge is 2.52. The van der Waals surface area contributed by atoms with Crippen LogP contribution in [0.15, 0.2) is 164 Å². The van der Waals surface area contributed by atoms with Crippen molar-refractivity contribution in [3.05, 3.63) is 215 Å². The summed E-state index contributed by atoms with van der Waals surface area (Å²) in [6, 6.07) is 53.7. The average molecular weight is 1240 g/mol. The van der Waals surface area contributed by atoms with Crippen molar-refractivity contribution in [3.63, 3.8) is 0 Å². The molecular formula is C78H101F3N6O4. The van der Waals surface area contributed by atoms with E-state index in [-0.39, 0.29) is 52.6 Å². The van der Waals surface area contributed by atoms with Gasteiger partial charge in [0.05, 0.1) is 0 Å². The van der Waals surface area contributed by atoms with Gasteiger partial charge >= 0.3 is 12.2 Å². The van der Waals surface area contributed by atoms with Crippen LogP contribution < -0.4 is 10.6 Å². The molecule has 2 amide bonds. The zero-order valence-electron chi connectivity index (χ0n) is 55.5. The van der Waals surface area contributed by atoms with Gasteiger partial charge in [0.2, 0.25) is 0 Å². The number of carbonyl (C=O) groups excluding carboxylic acids is 2. The highest BCUT2D eigenvalue weighted by atomic mass is 19.1. The van der Waals surface area contributed by atoms with Crippen molar-refractivity contribution < 1.29 is 32.2 Å². The number of hydrogen-bond donors (Lipinski definition) is 2. The zero-order chi connectivity index (χ0) is 64.4. The fourth-order valence-electron chi connectivity index (χ4n) is 14.4. The zero-order valence-corrected chi connectivity index (χ0v) is 55.5. The topological polar surface area (TPSA) is 89.6 Å². The Bertz CT molecular complexity index is 3290. The molecule has 0 heterocycles. The number of nitrogens with one attached hydrogen (secondary N) is 2. The van der Waals surface area contributed by atoms with Crippen LogP contribution in [-0.4, -0.2) is 114 Å². The summed E-state index contributed by atoms with van der Waals surface area (Å²) in [6.07, 6.45) is 13.3. The summed E-state index contributed by atoms with van der Waals surface area (Å²) in [4.78, 5) is 35.0. The number of amides is 2. The van der Waals surface area contributed by atoms with Gasteiger partial charge in [-0.25, -0.2) is 22.8 Å². The second-order valence-electron chi connectivity index (χ2n) is 29.9. The second kappa shape index (κ2) is 29.6. The van der Waals surface area contributed by atoms with Gasteiger partial charge in [-0.2, -0.15) is 0 Å². The van der Waals surface area contributed by atoms with Gasteiger partial charge in [-0.05, 0) is 154 Å². The summed E-state index contributed by atoms with van der Waals surface area (Å²) >= 11 is 0. The molecule has 10 nitrogen and oxygen atoms in total. The standard InChI is InChI=1S/C28H37FN2O2.C27H35FN2O2.C23H29FN2/c1-27(2,3)33-26(32)31(25-17-23(25)21-11-6-5-7-12-21)20-28(15-10-16-28)19-30(4)18-22-13-8-9-14-24(22)29;1-26(2,3)32-25(31)30(24-16-22(24)20-10-5-4-6-11-20)19-27(14-9-15-27)18-29-17-21-12-7-8-13-23(21)28;1-26(15-19-10-5-6-11-21(19)24)17-23(12-7-13-23)16-25-22-14-20(22)18-8-3-2-4-9-18/h5-9,11-14,23,25H,10,15-20H2,1-4H3;4-8,10-13,22,24,29H,9,14-19H2,1-3H3;2-6,8-11,20,22,25H,7,12-17H2,1H3/t23?,25-;22?,24-;20?,22-/m000/s1. The maximum Gasteiger partial charge on any atom is 0.410 e. The van der Waals surface area contributed by atoms with Gasteiger partial charge in [0, 0.05) is 122 Å². The van der Waals surface area contributed by atoms with Gasteiger partial charge in [0.1, 0.15) is 28.7 Å². The van der Waals surface area contributed by atoms with Gasteiger partial charge in [0.25, 0.3) is 0 Å². The molecule has 91 heavy (non-hydrogen) atoms. The molecule has 0 aromatic heterocycles. The van der Waals surface area contributed by atoms with Crippen LogP contribution in [0.4, 0.5) is 22.8 Å². The van der Waals surface area contributed by atoms with Gasteiger partial charge in [-0.3, -0.25) is 0 Å². The van der Waals surface area contributed by atoms with Crippen molar-refractivity contribution in [2.75, 3.05) is 53.4 Å². The van der Waals surface area contributed by atoms with E-state index in [2.05, 4.69) is 106 Å². The van der Waals surface area contributed by atoms with Crippen LogP contribution in [0.3, 0.4) is 0 Å². The molecule has 488 valence electrons. The summed E-state index contributed by atoms with van der Waals surface area (Å²) < 4.78 is 53.7. The summed E-state index contributed by atoms with van der Waals surface area (Å²) in [5.41, 5.74) is 5.58. The molecule has 6 aliphatic rings. The minimum Gasteiger partial charge on any atom is -0.444 e. The highest BCUT2D eigenvalue weighted by Crippen LogP contribution is 2.51. The van der Waals surface area contributed by atoms with Gasteiger partial charge < -0.3 is 39.7 Å². The third kappa shape index (κ3) is 18.9. The fourth-order valence-corrected chi connectivity index (χ4v) is 14.4. The molecule has 0 radical (unpaired) electrons. The maximum absolute atomic E-state index is 14.2. The van der Waals surface area contributed by atoms with Crippen LogP contribution in [0, 0.1) is 33.7 Å². The molecule has 12 rings (SSSR count). The van der Waals surface area contributed by atoms with Gasteiger partial charge in [-0.1, -0.05) is 165 Å². The minimum atomic E-state index is -0.527. The molecular weight excluding hydrogens is 1140 g/mol. The molecule has 3 unspecified atom stereocenters. The number of ether oxygens (including phenoxy) is 2. The van der Waals surface area contributed by atoms with E-state index in [1.54, 1.807) is 24.3 Å². The first-order chi connectivity index (χ1) is 43.6. The summed E-state index contributed by atoms with van der Waals surface area (Å²) in [5, 5.41) is 7.29. The van der Waals surface area contributed by atoms with E-state index < -0.39 is 11.2 Å². The number of halogens is 3. The Labute approximate surface area is 541 Å². The Kier molecular flexibility index (Phi) is 21.9. The van der Waals surface area contributed by atoms with E-state index in [1.165, 1.54) is 60.9 Å². The van der Waals surface area contributed by atoms with Crippen LogP contribution >= 0.6 is 0 Å². The van der Waals surface area contributed by atoms with E-state index in [1.807, 2.05) is 107 Å². The number of rotatable bonds is 24. The first-order valence-electron chi connectivity index (χ1n) is 33.7. The van der Waals surface area contributed by atoms with Crippen molar-refractivity contribution in [2.24, 2.45) is 16.2 Å². The van der Waals surface area contributed by atoms with Crippen molar-refractivity contribution >= 4 is 12.2 Å². The molecule has 6 aliphatic carbocycles. The Hall–Kier alpha value is -6.51. The number of hydrogen-bond acceptors (Lipinski definition) is 8. The van der Waals surface area contributed by atoms with Crippen molar-refractivity contribution in [3.8, 4) is 0 Å². The van der Waals surface area contributed by atoms with Crippen LogP contribution in [0.5, 0.6) is 0 Å². The molecule has 0 spiro atoms. The lowest BCUT2D eigenvalue weighted by atomic mass is 9.68. The smallest absolute Gasteiger partial charge is 0.410 e. The lowest BCUT2D eigenvalue weighted by molar-refractivity contribution is -0.00822. The fraction of sp³-hybridized carbons (Fsp3) is 0.513. The number of carbonyl (C=O) groups is 2. The van der Waals surface area contributed by atoms with Crippen molar-refractivity contribution in [1.29, 1.82) is 0 Å². The lowest BCUT2D eigenvalue weighted by Gasteiger charge is -2.47. The van der Waals surface area contributed by atoms with Crippen LogP contribution in [-0.2, 0) is 29.1 Å². The normalized spacial score (nSPS) is 22.1. The second-order valence-corrected chi connectivity index (χ2v) is 29.9. The predicted molar refractivity (Wildman–Crippen MR) is 359 cm³/mol. The van der Waals surface area contributed by atoms with E-state index in [4.69, 9.17) is 9.47 Å². The monoisotopic (exact) mass is 1240 g/mol. The maximum atomic E-state index is 14.2. The van der Waals surface area contributed by atoms with Crippen molar-refractivity contribution in [2.45, 2.75) is 185 Å². The Balaban J connectivity index is 0.000000151. The van der Waals surface area contributed by atoms with E-state index in [9.17, 15) is 22.8 Å². The Morgan fingerprint density at radius 2 is 0.802 bits per heavy atom. The quantitative estimate of drug-likeness (QED) is 0.0620. The highest BCUT2D eigenvalue weighted by molar-refractivity contribution is 5.70.